The van der Waals surface area contributed by atoms with Crippen LogP contribution < -0.4 is 20.7 Å². The van der Waals surface area contributed by atoms with Gasteiger partial charge < -0.3 is 9.47 Å². The average Bonchev–Trinajstić information content (AvgIpc) is 2.56. The van der Waals surface area contributed by atoms with E-state index in [-0.39, 0.29) is 6.04 Å². The van der Waals surface area contributed by atoms with Gasteiger partial charge in [-0.2, -0.15) is 0 Å². The van der Waals surface area contributed by atoms with Crippen LogP contribution in [-0.2, 0) is 6.42 Å². The fourth-order valence-electron chi connectivity index (χ4n) is 2.83. The van der Waals surface area contributed by atoms with E-state index < -0.39 is 0 Å². The Labute approximate surface area is 124 Å². The fourth-order valence-corrected chi connectivity index (χ4v) is 2.83. The maximum atomic E-state index is 5.89. The molecule has 3 rings (SSSR count). The molecule has 4 heteroatoms. The largest absolute Gasteiger partial charge is 0.497 e. The van der Waals surface area contributed by atoms with E-state index in [1.54, 1.807) is 7.11 Å². The SMILES string of the molecule is COc1cccc(C(NN)c2cccc3c2OCCC3)c1. The number of rotatable bonds is 4. The summed E-state index contributed by atoms with van der Waals surface area (Å²) in [6, 6.07) is 14.1. The Hall–Kier alpha value is -2.04. The number of nitrogens with one attached hydrogen (secondary N) is 1. The minimum Gasteiger partial charge on any atom is -0.497 e. The maximum Gasteiger partial charge on any atom is 0.127 e. The molecule has 0 amide bonds. The van der Waals surface area contributed by atoms with E-state index in [0.717, 1.165) is 42.1 Å². The van der Waals surface area contributed by atoms with Gasteiger partial charge in [0.25, 0.3) is 0 Å². The summed E-state index contributed by atoms with van der Waals surface area (Å²) in [6.45, 7) is 0.763. The van der Waals surface area contributed by atoms with Gasteiger partial charge in [-0.25, -0.2) is 5.43 Å². The number of ether oxygens (including phenoxy) is 2. The van der Waals surface area contributed by atoms with Crippen LogP contribution in [0.4, 0.5) is 0 Å². The standard InChI is InChI=1S/C17H20N2O2/c1-20-14-8-2-6-13(11-14)16(19-18)15-9-3-5-12-7-4-10-21-17(12)15/h2-3,5-6,8-9,11,16,19H,4,7,10,18H2,1H3. The number of methoxy groups -OCH3 is 1. The van der Waals surface area contributed by atoms with Crippen molar-refractivity contribution >= 4 is 0 Å². The molecule has 2 aromatic carbocycles. The minimum atomic E-state index is -0.117. The summed E-state index contributed by atoms with van der Waals surface area (Å²) in [6.07, 6.45) is 2.12. The predicted molar refractivity (Wildman–Crippen MR) is 82.4 cm³/mol. The van der Waals surface area contributed by atoms with Gasteiger partial charge in [-0.15, -0.1) is 0 Å². The van der Waals surface area contributed by atoms with Gasteiger partial charge in [0.1, 0.15) is 11.5 Å². The van der Waals surface area contributed by atoms with Gasteiger partial charge in [0.05, 0.1) is 19.8 Å². The van der Waals surface area contributed by atoms with Gasteiger partial charge in [-0.1, -0.05) is 30.3 Å². The Kier molecular flexibility index (Phi) is 4.08. The van der Waals surface area contributed by atoms with Crippen LogP contribution >= 0.6 is 0 Å². The summed E-state index contributed by atoms with van der Waals surface area (Å²) in [5, 5.41) is 0. The molecule has 3 N–H and O–H groups in total. The second-order valence-electron chi connectivity index (χ2n) is 5.16. The van der Waals surface area contributed by atoms with Crippen molar-refractivity contribution in [2.45, 2.75) is 18.9 Å². The molecule has 2 aromatic rings. The van der Waals surface area contributed by atoms with Gasteiger partial charge in [0, 0.05) is 5.56 Å². The first-order valence-electron chi connectivity index (χ1n) is 7.18. The van der Waals surface area contributed by atoms with Crippen molar-refractivity contribution in [3.8, 4) is 11.5 Å². The lowest BCUT2D eigenvalue weighted by molar-refractivity contribution is 0.283. The summed E-state index contributed by atoms with van der Waals surface area (Å²) < 4.78 is 11.2. The van der Waals surface area contributed by atoms with E-state index in [4.69, 9.17) is 15.3 Å². The molecule has 110 valence electrons. The first-order chi connectivity index (χ1) is 10.3. The van der Waals surface area contributed by atoms with Crippen molar-refractivity contribution in [1.29, 1.82) is 0 Å². The van der Waals surface area contributed by atoms with E-state index in [9.17, 15) is 0 Å². The Morgan fingerprint density at radius 2 is 2.10 bits per heavy atom. The van der Waals surface area contributed by atoms with Crippen molar-refractivity contribution in [2.24, 2.45) is 5.84 Å². The number of hydrogen-bond acceptors (Lipinski definition) is 4. The quantitative estimate of drug-likeness (QED) is 0.669. The van der Waals surface area contributed by atoms with E-state index in [1.807, 2.05) is 24.3 Å². The van der Waals surface area contributed by atoms with Crippen LogP contribution in [0.5, 0.6) is 11.5 Å². The van der Waals surface area contributed by atoms with E-state index in [0.29, 0.717) is 0 Å². The lowest BCUT2D eigenvalue weighted by atomic mass is 9.94. The third-order valence-corrected chi connectivity index (χ3v) is 3.87. The Morgan fingerprint density at radius 1 is 1.24 bits per heavy atom. The van der Waals surface area contributed by atoms with Gasteiger partial charge in [-0.3, -0.25) is 5.84 Å². The van der Waals surface area contributed by atoms with Crippen molar-refractivity contribution in [1.82, 2.24) is 5.43 Å². The summed E-state index contributed by atoms with van der Waals surface area (Å²) in [7, 11) is 1.66. The zero-order valence-electron chi connectivity index (χ0n) is 12.1. The van der Waals surface area contributed by atoms with Crippen LogP contribution in [0.2, 0.25) is 0 Å². The second kappa shape index (κ2) is 6.16. The molecule has 0 radical (unpaired) electrons. The fraction of sp³-hybridized carbons (Fsp3) is 0.294. The first kappa shape index (κ1) is 13.9. The van der Waals surface area contributed by atoms with Gasteiger partial charge in [0.15, 0.2) is 0 Å². The van der Waals surface area contributed by atoms with E-state index >= 15 is 0 Å². The highest BCUT2D eigenvalue weighted by molar-refractivity contribution is 5.48. The van der Waals surface area contributed by atoms with Gasteiger partial charge >= 0.3 is 0 Å². The predicted octanol–water partition coefficient (Wildman–Crippen LogP) is 2.57. The normalized spacial score (nSPS) is 15.0. The zero-order chi connectivity index (χ0) is 14.7. The van der Waals surface area contributed by atoms with Gasteiger partial charge in [0.2, 0.25) is 0 Å². The molecule has 0 aliphatic carbocycles. The van der Waals surface area contributed by atoms with Crippen LogP contribution in [0.25, 0.3) is 0 Å². The monoisotopic (exact) mass is 284 g/mol. The van der Waals surface area contributed by atoms with E-state index in [2.05, 4.69) is 23.6 Å². The molecule has 0 spiro atoms. The molecule has 0 fully saturated rings. The van der Waals surface area contributed by atoms with Crippen molar-refractivity contribution in [3.05, 3.63) is 59.2 Å². The highest BCUT2D eigenvalue weighted by Gasteiger charge is 2.21. The minimum absolute atomic E-state index is 0.117. The smallest absolute Gasteiger partial charge is 0.127 e. The third kappa shape index (κ3) is 2.73. The second-order valence-corrected chi connectivity index (χ2v) is 5.16. The van der Waals surface area contributed by atoms with Crippen LogP contribution in [-0.4, -0.2) is 13.7 Å². The summed E-state index contributed by atoms with van der Waals surface area (Å²) in [5.41, 5.74) is 6.28. The van der Waals surface area contributed by atoms with Crippen molar-refractivity contribution in [2.75, 3.05) is 13.7 Å². The molecule has 21 heavy (non-hydrogen) atoms. The summed E-state index contributed by atoms with van der Waals surface area (Å²) >= 11 is 0. The lowest BCUT2D eigenvalue weighted by Crippen LogP contribution is -2.29. The van der Waals surface area contributed by atoms with Crippen molar-refractivity contribution < 1.29 is 9.47 Å². The summed E-state index contributed by atoms with van der Waals surface area (Å²) in [5.74, 6) is 7.60. The van der Waals surface area contributed by atoms with Crippen LogP contribution in [0.15, 0.2) is 42.5 Å². The topological polar surface area (TPSA) is 56.5 Å². The Balaban J connectivity index is 2.03. The molecule has 0 bridgehead atoms. The zero-order valence-corrected chi connectivity index (χ0v) is 12.1. The molecule has 1 atom stereocenters. The molecule has 1 unspecified atom stereocenters. The highest BCUT2D eigenvalue weighted by Crippen LogP contribution is 2.36. The van der Waals surface area contributed by atoms with Crippen LogP contribution in [0.1, 0.15) is 29.2 Å². The third-order valence-electron chi connectivity index (χ3n) is 3.87. The van der Waals surface area contributed by atoms with Crippen molar-refractivity contribution in [3.63, 3.8) is 0 Å². The molecule has 1 aliphatic rings. The van der Waals surface area contributed by atoms with Crippen LogP contribution in [0, 0.1) is 0 Å². The maximum absolute atomic E-state index is 5.89. The molecular weight excluding hydrogens is 264 g/mol. The van der Waals surface area contributed by atoms with Crippen LogP contribution in [0.3, 0.4) is 0 Å². The molecular formula is C17H20N2O2. The summed E-state index contributed by atoms with van der Waals surface area (Å²) in [4.78, 5) is 0. The molecule has 0 aromatic heterocycles. The molecule has 0 saturated carbocycles. The Bertz CT molecular complexity index is 628. The molecule has 0 saturated heterocycles. The average molecular weight is 284 g/mol. The van der Waals surface area contributed by atoms with E-state index in [1.165, 1.54) is 5.56 Å². The number of hydrogen-bond donors (Lipinski definition) is 2. The number of hydrazine groups is 1. The lowest BCUT2D eigenvalue weighted by Gasteiger charge is -2.25. The molecule has 1 heterocycles. The Morgan fingerprint density at radius 3 is 2.90 bits per heavy atom. The number of aryl methyl sites for hydroxylation is 1. The van der Waals surface area contributed by atoms with Gasteiger partial charge in [-0.05, 0) is 36.1 Å². The number of fused-ring (bicyclic) bond motifs is 1. The number of nitrogens with two attached hydrogens (primary N) is 1. The molecule has 1 aliphatic heterocycles. The number of benzene rings is 2. The highest BCUT2D eigenvalue weighted by atomic mass is 16.5. The number of para-hydroxylation sites is 1. The first-order valence-corrected chi connectivity index (χ1v) is 7.18. The molecule has 4 nitrogen and oxygen atoms in total.